The molecule has 0 aromatic heterocycles. The Kier molecular flexibility index (Phi) is 72.9. The highest BCUT2D eigenvalue weighted by molar-refractivity contribution is 7.47. The average Bonchev–Trinajstić information content (AvgIpc) is 0.967. The van der Waals surface area contributed by atoms with Gasteiger partial charge < -0.3 is 33.8 Å². The first-order valence-electron chi connectivity index (χ1n) is 41.8. The summed E-state index contributed by atoms with van der Waals surface area (Å²) >= 11 is 0. The zero-order valence-corrected chi connectivity index (χ0v) is 66.3. The summed E-state index contributed by atoms with van der Waals surface area (Å²) in [6, 6.07) is 0. The standard InChI is InChI=1S/C80H156O17P2/c1-5-9-13-17-20-23-26-29-32-35-37-38-40-43-46-49-52-55-59-63-67-80(85)97-76(71-91-78(83)65-61-57-53-50-47-44-42-39-36-33-30-27-24-21-18-14-10-6-2)73-95-99(88,89)93-69-74(81)68-92-98(86,87)94-72-75(70-90-77(82)64-60-56-16-12-8-4)96-79(84)66-62-58-54-51-48-45-41-34-31-28-25-22-19-15-11-7-3/h74-76,81H,5-73H2,1-4H3,(H,86,87)(H,88,89)/t74-,75+,76+/m0/s1. The number of ether oxygens (including phenoxy) is 4. The van der Waals surface area contributed by atoms with Gasteiger partial charge in [-0.3, -0.25) is 37.3 Å². The number of rotatable bonds is 81. The van der Waals surface area contributed by atoms with E-state index in [2.05, 4.69) is 27.7 Å². The molecule has 0 rings (SSSR count). The number of esters is 4. The first-order chi connectivity index (χ1) is 48.2. The molecule has 0 fully saturated rings. The Morgan fingerprint density at radius 3 is 0.596 bits per heavy atom. The summed E-state index contributed by atoms with van der Waals surface area (Å²) in [4.78, 5) is 72.7. The molecular formula is C80H156O17P2. The second-order valence-corrected chi connectivity index (χ2v) is 31.7. The summed E-state index contributed by atoms with van der Waals surface area (Å²) in [6.45, 7) is 4.93. The first kappa shape index (κ1) is 97.1. The lowest BCUT2D eigenvalue weighted by Crippen LogP contribution is -2.30. The van der Waals surface area contributed by atoms with Crippen molar-refractivity contribution in [2.45, 2.75) is 451 Å². The molecule has 5 atom stereocenters. The molecule has 0 aliphatic heterocycles. The van der Waals surface area contributed by atoms with Crippen molar-refractivity contribution in [1.82, 2.24) is 0 Å². The van der Waals surface area contributed by atoms with E-state index < -0.39 is 97.5 Å². The number of hydrogen-bond donors (Lipinski definition) is 3. The van der Waals surface area contributed by atoms with Crippen molar-refractivity contribution >= 4 is 39.5 Å². The van der Waals surface area contributed by atoms with E-state index in [0.29, 0.717) is 25.7 Å². The third-order valence-electron chi connectivity index (χ3n) is 18.9. The van der Waals surface area contributed by atoms with Gasteiger partial charge in [-0.25, -0.2) is 9.13 Å². The van der Waals surface area contributed by atoms with Crippen LogP contribution in [0.15, 0.2) is 0 Å². The van der Waals surface area contributed by atoms with Gasteiger partial charge in [0.15, 0.2) is 12.2 Å². The Hall–Kier alpha value is -1.94. The van der Waals surface area contributed by atoms with Crippen LogP contribution >= 0.6 is 15.6 Å². The molecule has 0 aliphatic rings. The zero-order valence-electron chi connectivity index (χ0n) is 64.5. The van der Waals surface area contributed by atoms with Crippen molar-refractivity contribution in [3.05, 3.63) is 0 Å². The first-order valence-corrected chi connectivity index (χ1v) is 44.8. The molecule has 0 saturated heterocycles. The largest absolute Gasteiger partial charge is 0.472 e. The van der Waals surface area contributed by atoms with Gasteiger partial charge in [0.05, 0.1) is 26.4 Å². The van der Waals surface area contributed by atoms with E-state index >= 15 is 0 Å². The predicted octanol–water partition coefficient (Wildman–Crippen LogP) is 24.2. The molecule has 0 spiro atoms. The number of carbonyl (C=O) groups is 4. The van der Waals surface area contributed by atoms with Gasteiger partial charge in [-0.15, -0.1) is 0 Å². The van der Waals surface area contributed by atoms with Crippen LogP contribution in [0.3, 0.4) is 0 Å². The predicted molar refractivity (Wildman–Crippen MR) is 405 cm³/mol. The lowest BCUT2D eigenvalue weighted by Gasteiger charge is -2.21. The quantitative estimate of drug-likeness (QED) is 0.0222. The Balaban J connectivity index is 5.12. The molecule has 17 nitrogen and oxygen atoms in total. The summed E-state index contributed by atoms with van der Waals surface area (Å²) in [6.07, 6.45) is 67.1. The lowest BCUT2D eigenvalue weighted by atomic mass is 10.0. The molecule has 19 heteroatoms. The summed E-state index contributed by atoms with van der Waals surface area (Å²) in [5.74, 6) is -2.12. The van der Waals surface area contributed by atoms with E-state index in [9.17, 15) is 43.2 Å². The van der Waals surface area contributed by atoms with Crippen molar-refractivity contribution in [2.24, 2.45) is 0 Å². The summed E-state index contributed by atoms with van der Waals surface area (Å²) in [5.41, 5.74) is 0. The fraction of sp³-hybridized carbons (Fsp3) is 0.950. The highest BCUT2D eigenvalue weighted by Crippen LogP contribution is 2.45. The van der Waals surface area contributed by atoms with Gasteiger partial charge in [0, 0.05) is 25.7 Å². The number of phosphoric ester groups is 2. The van der Waals surface area contributed by atoms with Crippen LogP contribution in [0.25, 0.3) is 0 Å². The summed E-state index contributed by atoms with van der Waals surface area (Å²) < 4.78 is 68.5. The molecule has 3 N–H and O–H groups in total. The highest BCUT2D eigenvalue weighted by atomic mass is 31.2. The minimum Gasteiger partial charge on any atom is -0.462 e. The van der Waals surface area contributed by atoms with Gasteiger partial charge in [-0.2, -0.15) is 0 Å². The molecule has 0 radical (unpaired) electrons. The molecule has 588 valence electrons. The maximum absolute atomic E-state index is 13.1. The number of hydrogen-bond acceptors (Lipinski definition) is 15. The van der Waals surface area contributed by atoms with E-state index in [1.807, 2.05) is 0 Å². The van der Waals surface area contributed by atoms with Crippen LogP contribution < -0.4 is 0 Å². The minimum absolute atomic E-state index is 0.108. The molecule has 2 unspecified atom stereocenters. The average molecular weight is 1450 g/mol. The number of unbranched alkanes of at least 4 members (excludes halogenated alkanes) is 55. The molecule has 0 amide bonds. The van der Waals surface area contributed by atoms with Crippen molar-refractivity contribution in [3.8, 4) is 0 Å². The topological polar surface area (TPSA) is 237 Å². The van der Waals surface area contributed by atoms with Crippen LogP contribution in [-0.4, -0.2) is 96.7 Å². The lowest BCUT2D eigenvalue weighted by molar-refractivity contribution is -0.161. The third-order valence-corrected chi connectivity index (χ3v) is 20.8. The molecule has 0 bridgehead atoms. The number of aliphatic hydroxyl groups excluding tert-OH is 1. The van der Waals surface area contributed by atoms with Crippen molar-refractivity contribution in [3.63, 3.8) is 0 Å². The maximum Gasteiger partial charge on any atom is 0.472 e. The van der Waals surface area contributed by atoms with Gasteiger partial charge in [0.2, 0.25) is 0 Å². The smallest absolute Gasteiger partial charge is 0.462 e. The highest BCUT2D eigenvalue weighted by Gasteiger charge is 2.30. The Morgan fingerprint density at radius 1 is 0.242 bits per heavy atom. The molecule has 99 heavy (non-hydrogen) atoms. The minimum atomic E-state index is -4.96. The normalized spacial score (nSPS) is 13.8. The van der Waals surface area contributed by atoms with Gasteiger partial charge in [-0.1, -0.05) is 381 Å². The molecule has 0 aromatic rings. The summed E-state index contributed by atoms with van der Waals surface area (Å²) in [5, 5.41) is 10.6. The fourth-order valence-corrected chi connectivity index (χ4v) is 14.0. The van der Waals surface area contributed by atoms with Crippen LogP contribution in [0, 0.1) is 0 Å². The fourth-order valence-electron chi connectivity index (χ4n) is 12.5. The number of carbonyl (C=O) groups excluding carboxylic acids is 4. The van der Waals surface area contributed by atoms with Crippen LogP contribution in [0.2, 0.25) is 0 Å². The molecule has 0 aromatic carbocycles. The second-order valence-electron chi connectivity index (χ2n) is 28.8. The number of aliphatic hydroxyl groups is 1. The van der Waals surface area contributed by atoms with E-state index in [1.165, 1.54) is 257 Å². The number of phosphoric acid groups is 2. The van der Waals surface area contributed by atoms with Crippen LogP contribution in [0.5, 0.6) is 0 Å². The van der Waals surface area contributed by atoms with Crippen LogP contribution in [0.1, 0.15) is 432 Å². The molecule has 0 saturated carbocycles. The molecule has 0 aliphatic carbocycles. The molecular weight excluding hydrogens is 1290 g/mol. The van der Waals surface area contributed by atoms with E-state index in [4.69, 9.17) is 37.0 Å². The van der Waals surface area contributed by atoms with Gasteiger partial charge in [0.25, 0.3) is 0 Å². The van der Waals surface area contributed by atoms with E-state index in [0.717, 1.165) is 96.3 Å². The zero-order chi connectivity index (χ0) is 72.5. The van der Waals surface area contributed by atoms with Crippen molar-refractivity contribution in [2.75, 3.05) is 39.6 Å². The molecule has 0 heterocycles. The second kappa shape index (κ2) is 74.3. The van der Waals surface area contributed by atoms with Crippen molar-refractivity contribution < 1.29 is 80.2 Å². The summed E-state index contributed by atoms with van der Waals surface area (Å²) in [7, 11) is -9.91. The van der Waals surface area contributed by atoms with Gasteiger partial charge in [-0.05, 0) is 25.7 Å². The Labute approximate surface area is 607 Å². The van der Waals surface area contributed by atoms with E-state index in [1.54, 1.807) is 0 Å². The van der Waals surface area contributed by atoms with Crippen LogP contribution in [-0.2, 0) is 65.4 Å². The van der Waals surface area contributed by atoms with Crippen LogP contribution in [0.4, 0.5) is 0 Å². The monoisotopic (exact) mass is 1450 g/mol. The van der Waals surface area contributed by atoms with Gasteiger partial charge >= 0.3 is 39.5 Å². The third kappa shape index (κ3) is 74.1. The maximum atomic E-state index is 13.1. The Bertz CT molecular complexity index is 1880. The van der Waals surface area contributed by atoms with Crippen molar-refractivity contribution in [1.29, 1.82) is 0 Å². The SMILES string of the molecule is CCCCCCCCCCCCCCCCCCCCCCC(=O)O[C@H](COC(=O)CCCCCCCCCCCCCCCCCCCC)COP(=O)(O)OC[C@@H](O)COP(=O)(O)OC[C@@H](COC(=O)CCCCCCC)OC(=O)CCCCCCCCCCCCCCCCCC. The van der Waals surface area contributed by atoms with E-state index in [-0.39, 0.29) is 25.7 Å². The Morgan fingerprint density at radius 2 is 0.404 bits per heavy atom. The van der Waals surface area contributed by atoms with Gasteiger partial charge in [0.1, 0.15) is 19.3 Å².